The quantitative estimate of drug-likeness (QED) is 0.121. The molecule has 1 amide bonds. The van der Waals surface area contributed by atoms with E-state index in [0.29, 0.717) is 74.3 Å². The third kappa shape index (κ3) is 9.48. The number of hydrogen-bond donors (Lipinski definition) is 1. The Morgan fingerprint density at radius 1 is 1.00 bits per heavy atom. The smallest absolute Gasteiger partial charge is 0.317 e. The van der Waals surface area contributed by atoms with Crippen molar-refractivity contribution in [2.24, 2.45) is 5.92 Å². The van der Waals surface area contributed by atoms with Gasteiger partial charge in [-0.3, -0.25) is 29.3 Å². The Morgan fingerprint density at radius 3 is 2.52 bits per heavy atom. The van der Waals surface area contributed by atoms with Crippen molar-refractivity contribution in [1.82, 2.24) is 19.8 Å². The van der Waals surface area contributed by atoms with Gasteiger partial charge in [0.1, 0.15) is 18.1 Å². The number of thiophene rings is 1. The van der Waals surface area contributed by atoms with E-state index in [0.717, 1.165) is 34.4 Å². The molecular weight excluding hydrogens is 663 g/mol. The summed E-state index contributed by atoms with van der Waals surface area (Å²) < 4.78 is 32.5. The summed E-state index contributed by atoms with van der Waals surface area (Å²) in [6, 6.07) is 11.9. The third-order valence-corrected chi connectivity index (χ3v) is 9.85. The summed E-state index contributed by atoms with van der Waals surface area (Å²) >= 11 is 1.42. The van der Waals surface area contributed by atoms with Gasteiger partial charge in [0.2, 0.25) is 5.91 Å². The lowest BCUT2D eigenvalue weighted by atomic mass is 10.0. The van der Waals surface area contributed by atoms with Crippen LogP contribution in [0.5, 0.6) is 11.5 Å². The molecule has 4 aromatic rings. The Morgan fingerprint density at radius 2 is 1.80 bits per heavy atom. The minimum absolute atomic E-state index is 0.0270. The number of carbonyl (C=O) groups excluding carboxylic acids is 2. The molecule has 1 aliphatic carbocycles. The lowest BCUT2D eigenvalue weighted by Crippen LogP contribution is -2.62. The number of halogens is 1. The van der Waals surface area contributed by atoms with Crippen LogP contribution >= 0.6 is 11.3 Å². The molecule has 1 aliphatic heterocycles. The number of hydrogen-bond acceptors (Lipinski definition) is 10. The third-order valence-electron chi connectivity index (χ3n) is 8.69. The highest BCUT2D eigenvalue weighted by molar-refractivity contribution is 7.22. The van der Waals surface area contributed by atoms with Crippen LogP contribution in [0.3, 0.4) is 0 Å². The van der Waals surface area contributed by atoms with E-state index >= 15 is 4.39 Å². The predicted molar refractivity (Wildman–Crippen MR) is 186 cm³/mol. The Kier molecular flexibility index (Phi) is 11.8. The number of benzene rings is 1. The molecule has 264 valence electrons. The van der Waals surface area contributed by atoms with E-state index < -0.39 is 11.8 Å². The van der Waals surface area contributed by atoms with E-state index in [2.05, 4.69) is 9.97 Å². The molecule has 1 N–H and O–H groups in total. The van der Waals surface area contributed by atoms with Crippen molar-refractivity contribution < 1.29 is 38.1 Å². The van der Waals surface area contributed by atoms with E-state index in [9.17, 15) is 19.5 Å². The maximum atomic E-state index is 15.0. The second kappa shape index (κ2) is 16.6. The van der Waals surface area contributed by atoms with Crippen LogP contribution in [0.4, 0.5) is 4.39 Å². The van der Waals surface area contributed by atoms with Crippen molar-refractivity contribution in [3.8, 4) is 22.1 Å². The van der Waals surface area contributed by atoms with Crippen LogP contribution in [-0.2, 0) is 36.8 Å². The number of nitrogens with zero attached hydrogens (tertiary/aromatic N) is 4. The largest absolute Gasteiger partial charge is 0.480 e. The van der Waals surface area contributed by atoms with Crippen LogP contribution in [0.1, 0.15) is 43.7 Å². The minimum Gasteiger partial charge on any atom is -0.480 e. The van der Waals surface area contributed by atoms with Crippen molar-refractivity contribution >= 4 is 39.2 Å². The van der Waals surface area contributed by atoms with E-state index in [1.54, 1.807) is 35.5 Å². The fourth-order valence-corrected chi connectivity index (χ4v) is 6.85. The first-order valence-corrected chi connectivity index (χ1v) is 17.8. The number of aliphatic carboxylic acids is 1. The topological polar surface area (TPSA) is 131 Å². The summed E-state index contributed by atoms with van der Waals surface area (Å²) in [6.07, 6.45) is 7.24. The summed E-state index contributed by atoms with van der Waals surface area (Å²) in [5.74, 6) is -0.441. The number of aromatic nitrogens is 2. The number of Topliss-reactive ketones (excluding diaryl/α,β-unsaturated/α-hetero) is 1. The molecule has 1 saturated carbocycles. The fraction of sp³-hybridized carbons (Fsp3) is 0.432. The predicted octanol–water partition coefficient (Wildman–Crippen LogP) is 5.74. The number of fused-ring (bicyclic) bond motifs is 1. The monoisotopic (exact) mass is 704 g/mol. The van der Waals surface area contributed by atoms with Crippen molar-refractivity contribution in [1.29, 1.82) is 0 Å². The Balaban J connectivity index is 1.05. The molecule has 11 nitrogen and oxygen atoms in total. The molecule has 4 heterocycles. The molecule has 50 heavy (non-hydrogen) atoms. The molecule has 3 aromatic heterocycles. The van der Waals surface area contributed by atoms with Crippen molar-refractivity contribution in [3.05, 3.63) is 71.8 Å². The summed E-state index contributed by atoms with van der Waals surface area (Å²) in [5.41, 5.74) is 2.86. The maximum Gasteiger partial charge on any atom is 0.317 e. The Hall–Kier alpha value is -4.30. The van der Waals surface area contributed by atoms with Gasteiger partial charge in [-0.1, -0.05) is 19.1 Å². The number of rotatable bonds is 19. The average molecular weight is 705 g/mol. The van der Waals surface area contributed by atoms with Gasteiger partial charge in [0.15, 0.2) is 11.6 Å². The first kappa shape index (κ1) is 35.5. The van der Waals surface area contributed by atoms with Crippen molar-refractivity contribution in [2.75, 3.05) is 46.1 Å². The van der Waals surface area contributed by atoms with E-state index in [-0.39, 0.29) is 43.1 Å². The highest BCUT2D eigenvalue weighted by Gasteiger charge is 2.35. The number of likely N-dealkylation sites (tertiary alicyclic amines) is 1. The van der Waals surface area contributed by atoms with Crippen molar-refractivity contribution in [3.63, 3.8) is 0 Å². The second-order valence-corrected chi connectivity index (χ2v) is 13.9. The number of carbonyl (C=O) groups is 3. The van der Waals surface area contributed by atoms with Gasteiger partial charge in [0.05, 0.1) is 40.5 Å². The zero-order valence-electron chi connectivity index (χ0n) is 28.0. The molecular formula is C37H41FN4O7S. The molecule has 1 saturated heterocycles. The Labute approximate surface area is 294 Å². The molecule has 1 aromatic carbocycles. The number of carboxylic acids is 1. The van der Waals surface area contributed by atoms with Gasteiger partial charge in [-0.25, -0.2) is 4.39 Å². The summed E-state index contributed by atoms with van der Waals surface area (Å²) in [4.78, 5) is 49.9. The molecule has 2 aliphatic rings. The number of ketones is 1. The number of ether oxygens (including phenoxy) is 3. The molecule has 6 rings (SSSR count). The van der Waals surface area contributed by atoms with Crippen molar-refractivity contribution in [2.45, 2.75) is 51.6 Å². The Bertz CT molecular complexity index is 1810. The van der Waals surface area contributed by atoms with Gasteiger partial charge in [0.25, 0.3) is 0 Å². The molecule has 13 heteroatoms. The summed E-state index contributed by atoms with van der Waals surface area (Å²) in [5, 5.41) is 9.56. The van der Waals surface area contributed by atoms with E-state index in [1.807, 2.05) is 30.0 Å². The van der Waals surface area contributed by atoms with Crippen LogP contribution in [0.15, 0.2) is 54.9 Å². The van der Waals surface area contributed by atoms with Crippen LogP contribution < -0.4 is 4.74 Å². The van der Waals surface area contributed by atoms with Crippen LogP contribution in [-0.4, -0.2) is 94.6 Å². The second-order valence-electron chi connectivity index (χ2n) is 12.8. The zero-order valence-corrected chi connectivity index (χ0v) is 28.8. The van der Waals surface area contributed by atoms with Gasteiger partial charge < -0.3 is 24.2 Å². The van der Waals surface area contributed by atoms with Gasteiger partial charge in [0, 0.05) is 63.6 Å². The standard InChI is InChI=1S/C37H41FN4O7S/c1-2-11-47-12-13-48-23-35(44)42-20-27(21-42)41(22-36(45)46)19-26-5-7-30(40-18-26)34-17-31-37(50-34)33(9-10-39-31)49-32-8-6-25(16-29(32)38)15-28(43)14-24-3-4-24/h5-10,16-18,24,27H,2-4,11-15,19-23H2,1H3,(H,45,46). The summed E-state index contributed by atoms with van der Waals surface area (Å²) in [7, 11) is 0. The molecule has 0 spiro atoms. The highest BCUT2D eigenvalue weighted by Crippen LogP contribution is 2.39. The summed E-state index contributed by atoms with van der Waals surface area (Å²) in [6.45, 7) is 4.52. The molecule has 0 bridgehead atoms. The average Bonchev–Trinajstić information content (AvgIpc) is 3.76. The lowest BCUT2D eigenvalue weighted by molar-refractivity contribution is -0.146. The minimum atomic E-state index is -0.944. The molecule has 2 fully saturated rings. The van der Waals surface area contributed by atoms with Crippen LogP contribution in [0.2, 0.25) is 0 Å². The van der Waals surface area contributed by atoms with Crippen LogP contribution in [0.25, 0.3) is 20.8 Å². The molecule has 0 radical (unpaired) electrons. The lowest BCUT2D eigenvalue weighted by Gasteiger charge is -2.45. The van der Waals surface area contributed by atoms with Crippen LogP contribution in [0, 0.1) is 11.7 Å². The molecule has 0 unspecified atom stereocenters. The maximum absolute atomic E-state index is 15.0. The normalized spacial score (nSPS) is 14.7. The highest BCUT2D eigenvalue weighted by atomic mass is 32.1. The van der Waals surface area contributed by atoms with E-state index in [4.69, 9.17) is 14.2 Å². The van der Waals surface area contributed by atoms with E-state index in [1.165, 1.54) is 17.4 Å². The fourth-order valence-electron chi connectivity index (χ4n) is 5.81. The van der Waals surface area contributed by atoms with Gasteiger partial charge >= 0.3 is 5.97 Å². The zero-order chi connectivity index (χ0) is 35.0. The number of pyridine rings is 2. The first-order valence-electron chi connectivity index (χ1n) is 17.0. The van der Waals surface area contributed by atoms with Gasteiger partial charge in [-0.05, 0) is 60.6 Å². The number of amides is 1. The van der Waals surface area contributed by atoms with Gasteiger partial charge in [-0.15, -0.1) is 11.3 Å². The van der Waals surface area contributed by atoms with Gasteiger partial charge in [-0.2, -0.15) is 0 Å². The first-order chi connectivity index (χ1) is 24.2. The molecule has 0 atom stereocenters. The number of carboxylic acid groups (broad SMARTS) is 1. The SMILES string of the molecule is CCCOCCOCC(=O)N1CC(N(CC(=O)O)Cc2ccc(-c3cc4nccc(Oc5ccc(CC(=O)CC6CC6)cc5F)c4s3)nc2)C1.